The Morgan fingerprint density at radius 1 is 1.10 bits per heavy atom. The molecule has 2 rings (SSSR count). The molecule has 104 valence electrons. The van der Waals surface area contributed by atoms with Gasteiger partial charge in [0.15, 0.2) is 11.6 Å². The minimum absolute atomic E-state index is 0.174. The fraction of sp³-hybridized carbons (Fsp3) is 0. The Bertz CT molecular complexity index is 694. The molecule has 1 aromatic heterocycles. The predicted octanol–water partition coefficient (Wildman–Crippen LogP) is 3.34. The number of nitro groups is 1. The van der Waals surface area contributed by atoms with E-state index < -0.39 is 45.6 Å². The van der Waals surface area contributed by atoms with Crippen molar-refractivity contribution in [2.75, 3.05) is 0 Å². The molecule has 0 radical (unpaired) electrons. The summed E-state index contributed by atoms with van der Waals surface area (Å²) in [6.07, 6.45) is 0. The minimum atomic E-state index is -1.63. The Hall–Kier alpha value is -2.71. The van der Waals surface area contributed by atoms with Crippen molar-refractivity contribution in [3.8, 4) is 11.6 Å². The summed E-state index contributed by atoms with van der Waals surface area (Å²) in [5.74, 6) is -7.01. The van der Waals surface area contributed by atoms with E-state index in [0.717, 1.165) is 12.1 Å². The van der Waals surface area contributed by atoms with E-state index in [1.807, 2.05) is 0 Å². The summed E-state index contributed by atoms with van der Waals surface area (Å²) < 4.78 is 56.4. The highest BCUT2D eigenvalue weighted by Gasteiger charge is 2.20. The lowest BCUT2D eigenvalue weighted by molar-refractivity contribution is -0.385. The smallest absolute Gasteiger partial charge is 0.314 e. The summed E-state index contributed by atoms with van der Waals surface area (Å²) in [5.41, 5.74) is -0.809. The summed E-state index contributed by atoms with van der Waals surface area (Å²) in [6.45, 7) is 0. The van der Waals surface area contributed by atoms with Crippen molar-refractivity contribution in [2.24, 2.45) is 0 Å². The molecular formula is C11H4F4N2O3. The third-order valence-corrected chi connectivity index (χ3v) is 2.18. The molecule has 5 nitrogen and oxygen atoms in total. The fourth-order valence-corrected chi connectivity index (χ4v) is 1.32. The SMILES string of the molecule is O=[N+]([O-])c1cc(F)ccc1Oc1nc(F)c(F)cc1F. The van der Waals surface area contributed by atoms with E-state index >= 15 is 0 Å². The van der Waals surface area contributed by atoms with Gasteiger partial charge < -0.3 is 4.74 Å². The van der Waals surface area contributed by atoms with Crippen molar-refractivity contribution in [3.05, 3.63) is 57.8 Å². The number of rotatable bonds is 3. The van der Waals surface area contributed by atoms with Crippen molar-refractivity contribution in [1.82, 2.24) is 4.98 Å². The average Bonchev–Trinajstić information content (AvgIpc) is 2.37. The molecule has 0 saturated heterocycles. The Labute approximate surface area is 108 Å². The maximum atomic E-state index is 13.3. The maximum Gasteiger partial charge on any atom is 0.314 e. The molecule has 0 fully saturated rings. The van der Waals surface area contributed by atoms with Gasteiger partial charge in [-0.2, -0.15) is 9.37 Å². The highest BCUT2D eigenvalue weighted by Crippen LogP contribution is 2.32. The van der Waals surface area contributed by atoms with Crippen LogP contribution in [-0.4, -0.2) is 9.91 Å². The molecule has 0 N–H and O–H groups in total. The van der Waals surface area contributed by atoms with Crippen molar-refractivity contribution in [2.45, 2.75) is 0 Å². The van der Waals surface area contributed by atoms with E-state index in [1.165, 1.54) is 0 Å². The van der Waals surface area contributed by atoms with Gasteiger partial charge in [0, 0.05) is 6.07 Å². The van der Waals surface area contributed by atoms with Gasteiger partial charge in [0.2, 0.25) is 5.75 Å². The average molecular weight is 288 g/mol. The second-order valence-corrected chi connectivity index (χ2v) is 3.52. The van der Waals surface area contributed by atoms with Crippen LogP contribution in [0, 0.1) is 33.5 Å². The van der Waals surface area contributed by atoms with Gasteiger partial charge in [-0.15, -0.1) is 0 Å². The van der Waals surface area contributed by atoms with Crippen LogP contribution in [-0.2, 0) is 0 Å². The Balaban J connectivity index is 2.45. The van der Waals surface area contributed by atoms with Crippen molar-refractivity contribution in [3.63, 3.8) is 0 Å². The van der Waals surface area contributed by atoms with Crippen LogP contribution in [0.4, 0.5) is 23.2 Å². The molecule has 20 heavy (non-hydrogen) atoms. The molecule has 0 unspecified atom stereocenters. The second kappa shape index (κ2) is 5.11. The van der Waals surface area contributed by atoms with Gasteiger partial charge in [0.1, 0.15) is 5.82 Å². The predicted molar refractivity (Wildman–Crippen MR) is 57.2 cm³/mol. The summed E-state index contributed by atoms with van der Waals surface area (Å²) >= 11 is 0. The number of benzene rings is 1. The monoisotopic (exact) mass is 288 g/mol. The van der Waals surface area contributed by atoms with Crippen molar-refractivity contribution < 1.29 is 27.2 Å². The number of hydrogen-bond acceptors (Lipinski definition) is 4. The lowest BCUT2D eigenvalue weighted by Gasteiger charge is -2.06. The molecule has 0 aliphatic carbocycles. The number of pyridine rings is 1. The number of aromatic nitrogens is 1. The van der Waals surface area contributed by atoms with Crippen LogP contribution in [0.1, 0.15) is 0 Å². The fourth-order valence-electron chi connectivity index (χ4n) is 1.32. The molecule has 0 atom stereocenters. The number of halogens is 4. The summed E-state index contributed by atoms with van der Waals surface area (Å²) in [4.78, 5) is 12.5. The van der Waals surface area contributed by atoms with E-state index in [9.17, 15) is 27.7 Å². The van der Waals surface area contributed by atoms with E-state index in [0.29, 0.717) is 6.07 Å². The standard InChI is InChI=1S/C11H4F4N2O3/c12-5-1-2-9(8(3-5)17(18)19)20-11-7(14)4-6(13)10(15)16-11/h1-4H. The van der Waals surface area contributed by atoms with Crippen LogP contribution in [0.25, 0.3) is 0 Å². The number of nitrogens with zero attached hydrogens (tertiary/aromatic N) is 2. The second-order valence-electron chi connectivity index (χ2n) is 3.52. The summed E-state index contributed by atoms with van der Waals surface area (Å²) in [7, 11) is 0. The van der Waals surface area contributed by atoms with E-state index in [4.69, 9.17) is 4.74 Å². The Kier molecular flexibility index (Phi) is 3.51. The maximum absolute atomic E-state index is 13.3. The zero-order chi connectivity index (χ0) is 14.9. The van der Waals surface area contributed by atoms with Crippen LogP contribution in [0.15, 0.2) is 24.3 Å². The third kappa shape index (κ3) is 2.66. The summed E-state index contributed by atoms with van der Waals surface area (Å²) in [5, 5.41) is 10.7. The number of nitro benzene ring substituents is 1. The van der Waals surface area contributed by atoms with Crippen LogP contribution >= 0.6 is 0 Å². The molecule has 2 aromatic rings. The van der Waals surface area contributed by atoms with Gasteiger partial charge >= 0.3 is 5.69 Å². The zero-order valence-corrected chi connectivity index (χ0v) is 9.44. The van der Waals surface area contributed by atoms with E-state index in [2.05, 4.69) is 4.98 Å². The Morgan fingerprint density at radius 2 is 1.80 bits per heavy atom. The lowest BCUT2D eigenvalue weighted by Crippen LogP contribution is -2.00. The molecule has 0 bridgehead atoms. The van der Waals surface area contributed by atoms with Gasteiger partial charge in [-0.3, -0.25) is 10.1 Å². The van der Waals surface area contributed by atoms with Crippen LogP contribution in [0.2, 0.25) is 0 Å². The van der Waals surface area contributed by atoms with Crippen LogP contribution in [0.3, 0.4) is 0 Å². The molecule has 0 saturated carbocycles. The summed E-state index contributed by atoms with van der Waals surface area (Å²) in [6, 6.07) is 2.37. The molecule has 0 spiro atoms. The normalized spacial score (nSPS) is 10.4. The minimum Gasteiger partial charge on any atom is -0.429 e. The highest BCUT2D eigenvalue weighted by atomic mass is 19.2. The quantitative estimate of drug-likeness (QED) is 0.376. The first-order chi connectivity index (χ1) is 9.38. The van der Waals surface area contributed by atoms with Crippen LogP contribution < -0.4 is 4.74 Å². The molecule has 0 aliphatic heterocycles. The van der Waals surface area contributed by atoms with Crippen molar-refractivity contribution in [1.29, 1.82) is 0 Å². The van der Waals surface area contributed by atoms with E-state index in [1.54, 1.807) is 0 Å². The number of ether oxygens (including phenoxy) is 1. The highest BCUT2D eigenvalue weighted by molar-refractivity contribution is 5.47. The molecular weight excluding hydrogens is 284 g/mol. The molecule has 9 heteroatoms. The largest absolute Gasteiger partial charge is 0.429 e. The topological polar surface area (TPSA) is 65.3 Å². The Morgan fingerprint density at radius 3 is 2.45 bits per heavy atom. The molecule has 1 aromatic carbocycles. The van der Waals surface area contributed by atoms with Gasteiger partial charge in [-0.05, 0) is 12.1 Å². The van der Waals surface area contributed by atoms with E-state index in [-0.39, 0.29) is 6.07 Å². The first-order valence-corrected chi connectivity index (χ1v) is 5.02. The van der Waals surface area contributed by atoms with Gasteiger partial charge in [-0.25, -0.2) is 13.2 Å². The molecule has 1 heterocycles. The zero-order valence-electron chi connectivity index (χ0n) is 9.44. The van der Waals surface area contributed by atoms with Gasteiger partial charge in [-0.1, -0.05) is 0 Å². The van der Waals surface area contributed by atoms with Gasteiger partial charge in [0.25, 0.3) is 11.8 Å². The molecule has 0 aliphatic rings. The lowest BCUT2D eigenvalue weighted by atomic mass is 10.3. The first-order valence-electron chi connectivity index (χ1n) is 5.02. The first kappa shape index (κ1) is 13.7. The van der Waals surface area contributed by atoms with Gasteiger partial charge in [0.05, 0.1) is 11.0 Å². The number of hydrogen-bond donors (Lipinski definition) is 0. The van der Waals surface area contributed by atoms with Crippen LogP contribution in [0.5, 0.6) is 11.6 Å². The van der Waals surface area contributed by atoms with Crippen molar-refractivity contribution >= 4 is 5.69 Å². The third-order valence-electron chi connectivity index (χ3n) is 2.18. The molecule has 0 amide bonds.